The number of aromatic nitrogens is 1. The zero-order valence-corrected chi connectivity index (χ0v) is 12.4. The molecule has 2 aromatic rings. The van der Waals surface area contributed by atoms with Crippen molar-refractivity contribution < 1.29 is 14.0 Å². The Morgan fingerprint density at radius 2 is 2.24 bits per heavy atom. The van der Waals surface area contributed by atoms with Crippen molar-refractivity contribution >= 4 is 5.88 Å². The van der Waals surface area contributed by atoms with Gasteiger partial charge in [-0.3, -0.25) is 0 Å². The summed E-state index contributed by atoms with van der Waals surface area (Å²) in [5.41, 5.74) is 9.80. The van der Waals surface area contributed by atoms with Gasteiger partial charge in [0, 0.05) is 18.1 Å². The summed E-state index contributed by atoms with van der Waals surface area (Å²) in [7, 11) is 1.65. The first-order valence-corrected chi connectivity index (χ1v) is 7.18. The lowest BCUT2D eigenvalue weighted by Crippen LogP contribution is -2.16. The molecule has 1 aromatic heterocycles. The van der Waals surface area contributed by atoms with Gasteiger partial charge in [0.15, 0.2) is 0 Å². The summed E-state index contributed by atoms with van der Waals surface area (Å²) in [5, 5.41) is 4.19. The fourth-order valence-electron chi connectivity index (χ4n) is 2.84. The zero-order chi connectivity index (χ0) is 14.8. The highest BCUT2D eigenvalue weighted by molar-refractivity contribution is 5.80. The molecule has 1 fully saturated rings. The van der Waals surface area contributed by atoms with Crippen molar-refractivity contribution in [2.45, 2.75) is 25.7 Å². The Hall–Kier alpha value is -2.01. The van der Waals surface area contributed by atoms with E-state index >= 15 is 0 Å². The minimum absolute atomic E-state index is 0.222. The highest BCUT2D eigenvalue weighted by Crippen LogP contribution is 2.41. The van der Waals surface area contributed by atoms with Gasteiger partial charge >= 0.3 is 0 Å². The predicted molar refractivity (Wildman–Crippen MR) is 80.4 cm³/mol. The maximum atomic E-state index is 6.03. The third kappa shape index (κ3) is 2.61. The normalized spacial score (nSPS) is 18.7. The van der Waals surface area contributed by atoms with Crippen molar-refractivity contribution in [1.29, 1.82) is 0 Å². The molecule has 1 aliphatic rings. The third-order valence-corrected chi connectivity index (χ3v) is 3.92. The molecule has 0 radical (unpaired) electrons. The number of benzene rings is 1. The van der Waals surface area contributed by atoms with Gasteiger partial charge in [0.1, 0.15) is 5.75 Å². The minimum atomic E-state index is 0.222. The molecular weight excluding hydrogens is 268 g/mol. The Morgan fingerprint density at radius 3 is 2.95 bits per heavy atom. The maximum Gasteiger partial charge on any atom is 0.230 e. The fourth-order valence-corrected chi connectivity index (χ4v) is 2.84. The largest absolute Gasteiger partial charge is 0.496 e. The lowest BCUT2D eigenvalue weighted by Gasteiger charge is -2.21. The number of nitrogens with zero attached hydrogens (tertiary/aromatic N) is 1. The number of anilines is 1. The molecule has 2 N–H and O–H groups in total. The van der Waals surface area contributed by atoms with Crippen LogP contribution in [0.5, 0.6) is 5.75 Å². The van der Waals surface area contributed by atoms with Crippen molar-refractivity contribution in [3.05, 3.63) is 29.5 Å². The summed E-state index contributed by atoms with van der Waals surface area (Å²) < 4.78 is 16.3. The average molecular weight is 288 g/mol. The molecule has 0 aliphatic carbocycles. The van der Waals surface area contributed by atoms with Crippen LogP contribution in [-0.2, 0) is 4.74 Å². The molecule has 2 heterocycles. The summed E-state index contributed by atoms with van der Waals surface area (Å²) in [6.07, 6.45) is 2.06. The summed E-state index contributed by atoms with van der Waals surface area (Å²) in [6.45, 7) is 3.51. The van der Waals surface area contributed by atoms with E-state index in [2.05, 4.69) is 11.2 Å². The van der Waals surface area contributed by atoms with E-state index in [1.807, 2.05) is 19.1 Å². The molecule has 1 aromatic carbocycles. The summed E-state index contributed by atoms with van der Waals surface area (Å²) >= 11 is 0. The quantitative estimate of drug-likeness (QED) is 0.939. The summed E-state index contributed by atoms with van der Waals surface area (Å²) in [6, 6.07) is 6.00. The molecule has 5 nitrogen and oxygen atoms in total. The number of hydrogen-bond acceptors (Lipinski definition) is 5. The van der Waals surface area contributed by atoms with E-state index in [0.29, 0.717) is 12.5 Å². The van der Waals surface area contributed by atoms with E-state index in [4.69, 9.17) is 19.7 Å². The SMILES string of the molecule is COc1ccc(C)cc1-c1c(C2CCCOC2)noc1N. The number of nitrogen functional groups attached to an aromatic ring is 1. The first kappa shape index (κ1) is 13.9. The first-order chi connectivity index (χ1) is 10.2. The van der Waals surface area contributed by atoms with Gasteiger partial charge in [-0.05, 0) is 31.9 Å². The monoisotopic (exact) mass is 288 g/mol. The van der Waals surface area contributed by atoms with Crippen molar-refractivity contribution in [3.63, 3.8) is 0 Å². The molecule has 3 rings (SSSR count). The van der Waals surface area contributed by atoms with Crippen LogP contribution in [0.1, 0.15) is 30.0 Å². The molecule has 112 valence electrons. The number of nitrogens with two attached hydrogens (primary N) is 1. The predicted octanol–water partition coefficient (Wildman–Crippen LogP) is 3.13. The molecule has 0 amide bonds. The summed E-state index contributed by atoms with van der Waals surface area (Å²) in [4.78, 5) is 0. The fraction of sp³-hybridized carbons (Fsp3) is 0.438. The third-order valence-electron chi connectivity index (χ3n) is 3.92. The lowest BCUT2D eigenvalue weighted by atomic mass is 9.92. The number of aryl methyl sites for hydroxylation is 1. The van der Waals surface area contributed by atoms with Gasteiger partial charge < -0.3 is 19.7 Å². The van der Waals surface area contributed by atoms with E-state index in [9.17, 15) is 0 Å². The molecule has 1 unspecified atom stereocenters. The number of hydrogen-bond donors (Lipinski definition) is 1. The van der Waals surface area contributed by atoms with Crippen LogP contribution in [0.4, 0.5) is 5.88 Å². The highest BCUT2D eigenvalue weighted by atomic mass is 16.5. The van der Waals surface area contributed by atoms with Crippen LogP contribution >= 0.6 is 0 Å². The van der Waals surface area contributed by atoms with E-state index in [1.54, 1.807) is 7.11 Å². The minimum Gasteiger partial charge on any atom is -0.496 e. The molecule has 0 bridgehead atoms. The van der Waals surface area contributed by atoms with Gasteiger partial charge in [0.2, 0.25) is 5.88 Å². The van der Waals surface area contributed by atoms with Gasteiger partial charge in [-0.15, -0.1) is 0 Å². The Labute approximate surface area is 124 Å². The van der Waals surface area contributed by atoms with E-state index in [-0.39, 0.29) is 5.92 Å². The van der Waals surface area contributed by atoms with Gasteiger partial charge in [-0.1, -0.05) is 16.8 Å². The van der Waals surface area contributed by atoms with Crippen molar-refractivity contribution in [1.82, 2.24) is 5.16 Å². The van der Waals surface area contributed by atoms with Gasteiger partial charge in [-0.25, -0.2) is 0 Å². The van der Waals surface area contributed by atoms with Crippen LogP contribution in [-0.4, -0.2) is 25.5 Å². The van der Waals surface area contributed by atoms with Crippen LogP contribution < -0.4 is 10.5 Å². The van der Waals surface area contributed by atoms with Gasteiger partial charge in [-0.2, -0.15) is 0 Å². The number of rotatable bonds is 3. The van der Waals surface area contributed by atoms with Crippen LogP contribution in [0.3, 0.4) is 0 Å². The van der Waals surface area contributed by atoms with Gasteiger partial charge in [0.25, 0.3) is 0 Å². The van der Waals surface area contributed by atoms with Crippen molar-refractivity contribution in [3.8, 4) is 16.9 Å². The molecule has 0 saturated carbocycles. The Bertz CT molecular complexity index is 630. The second-order valence-electron chi connectivity index (χ2n) is 5.42. The Balaban J connectivity index is 2.09. The molecule has 5 heteroatoms. The standard InChI is InChI=1S/C16H20N2O3/c1-10-5-6-13(19-2)12(8-10)14-15(18-21-16(14)17)11-4-3-7-20-9-11/h5-6,8,11H,3-4,7,9,17H2,1-2H3. The molecule has 21 heavy (non-hydrogen) atoms. The maximum absolute atomic E-state index is 6.03. The van der Waals surface area contributed by atoms with Crippen molar-refractivity contribution in [2.75, 3.05) is 26.1 Å². The molecule has 1 saturated heterocycles. The number of methoxy groups -OCH3 is 1. The Kier molecular flexibility index (Phi) is 3.84. The summed E-state index contributed by atoms with van der Waals surface area (Å²) in [5.74, 6) is 1.33. The van der Waals surface area contributed by atoms with Crippen LogP contribution in [0.25, 0.3) is 11.1 Å². The highest BCUT2D eigenvalue weighted by Gasteiger charge is 2.27. The smallest absolute Gasteiger partial charge is 0.230 e. The van der Waals surface area contributed by atoms with Crippen LogP contribution in [0, 0.1) is 6.92 Å². The topological polar surface area (TPSA) is 70.5 Å². The van der Waals surface area contributed by atoms with E-state index in [0.717, 1.165) is 47.6 Å². The second kappa shape index (κ2) is 5.77. The lowest BCUT2D eigenvalue weighted by molar-refractivity contribution is 0.0785. The molecule has 1 atom stereocenters. The zero-order valence-electron chi connectivity index (χ0n) is 12.4. The molecule has 1 aliphatic heterocycles. The Morgan fingerprint density at radius 1 is 1.38 bits per heavy atom. The van der Waals surface area contributed by atoms with E-state index in [1.165, 1.54) is 0 Å². The van der Waals surface area contributed by atoms with Gasteiger partial charge in [0.05, 0.1) is 25.0 Å². The number of ether oxygens (including phenoxy) is 2. The van der Waals surface area contributed by atoms with Crippen LogP contribution in [0.15, 0.2) is 22.7 Å². The first-order valence-electron chi connectivity index (χ1n) is 7.18. The van der Waals surface area contributed by atoms with Crippen LogP contribution in [0.2, 0.25) is 0 Å². The second-order valence-corrected chi connectivity index (χ2v) is 5.42. The molecular formula is C16H20N2O3. The average Bonchev–Trinajstić information content (AvgIpc) is 2.89. The molecule has 0 spiro atoms. The van der Waals surface area contributed by atoms with E-state index < -0.39 is 0 Å². The van der Waals surface area contributed by atoms with Crippen molar-refractivity contribution in [2.24, 2.45) is 0 Å².